The van der Waals surface area contributed by atoms with E-state index >= 15 is 0 Å². The Labute approximate surface area is 144 Å². The smallest absolute Gasteiger partial charge is 0.332 e. The van der Waals surface area contributed by atoms with E-state index in [1.807, 2.05) is 0 Å². The fourth-order valence-corrected chi connectivity index (χ4v) is 3.61. The van der Waals surface area contributed by atoms with Crippen molar-refractivity contribution in [2.24, 2.45) is 25.7 Å². The van der Waals surface area contributed by atoms with Gasteiger partial charge in [0.1, 0.15) is 6.54 Å². The Morgan fingerprint density at radius 1 is 1.32 bits per heavy atom. The van der Waals surface area contributed by atoms with Gasteiger partial charge in [-0.2, -0.15) is 0 Å². The topological polar surface area (TPSA) is 117 Å². The minimum Gasteiger partial charge on any atom is -0.351 e. The number of amides is 1. The molecule has 1 amide bonds. The normalized spacial score (nSPS) is 20.8. The predicted octanol–water partition coefficient (Wildman–Crippen LogP) is -0.933. The molecule has 3 N–H and O–H groups in total. The molecule has 2 aromatic rings. The summed E-state index contributed by atoms with van der Waals surface area (Å²) in [6.07, 6.45) is 5.50. The minimum atomic E-state index is -0.551. The van der Waals surface area contributed by atoms with Crippen molar-refractivity contribution in [1.82, 2.24) is 24.0 Å². The molecule has 1 saturated carbocycles. The van der Waals surface area contributed by atoms with Crippen molar-refractivity contribution in [3.05, 3.63) is 27.2 Å². The van der Waals surface area contributed by atoms with Crippen molar-refractivity contribution in [2.45, 2.75) is 38.3 Å². The van der Waals surface area contributed by atoms with Gasteiger partial charge in [0.2, 0.25) is 5.91 Å². The van der Waals surface area contributed by atoms with Crippen LogP contribution in [0.5, 0.6) is 0 Å². The second-order valence-electron chi connectivity index (χ2n) is 6.71. The number of nitrogens with one attached hydrogen (secondary N) is 1. The number of aryl methyl sites for hydroxylation is 2. The van der Waals surface area contributed by atoms with Gasteiger partial charge >= 0.3 is 5.69 Å². The first-order valence-electron chi connectivity index (χ1n) is 8.54. The lowest BCUT2D eigenvalue weighted by molar-refractivity contribution is -0.123. The van der Waals surface area contributed by atoms with Crippen molar-refractivity contribution in [2.75, 3.05) is 6.54 Å². The average Bonchev–Trinajstić information content (AvgIpc) is 2.99. The standard InChI is InChI=1S/C16H24N6O3/c1-20-9-18-14-13(20)15(24)22(16(25)21(14)2)8-12(23)19-11-6-4-3-5-10(11)7-17/h9-11H,3-8,17H2,1-2H3,(H,19,23). The summed E-state index contributed by atoms with van der Waals surface area (Å²) in [6.45, 7) is 0.216. The molecule has 3 rings (SSSR count). The second-order valence-corrected chi connectivity index (χ2v) is 6.71. The second kappa shape index (κ2) is 6.83. The molecule has 0 aliphatic heterocycles. The van der Waals surface area contributed by atoms with Gasteiger partial charge in [0.25, 0.3) is 5.56 Å². The van der Waals surface area contributed by atoms with Crippen molar-refractivity contribution in [3.8, 4) is 0 Å². The minimum absolute atomic E-state index is 0.00578. The number of hydrogen-bond donors (Lipinski definition) is 2. The molecule has 1 aliphatic rings. The van der Waals surface area contributed by atoms with Crippen LogP contribution in [-0.2, 0) is 25.4 Å². The van der Waals surface area contributed by atoms with E-state index in [4.69, 9.17) is 5.73 Å². The van der Waals surface area contributed by atoms with Crippen LogP contribution in [0.2, 0.25) is 0 Å². The number of hydrogen-bond acceptors (Lipinski definition) is 5. The summed E-state index contributed by atoms with van der Waals surface area (Å²) < 4.78 is 3.80. The Kier molecular flexibility index (Phi) is 4.76. The lowest BCUT2D eigenvalue weighted by Crippen LogP contribution is -2.48. The first-order chi connectivity index (χ1) is 11.9. The molecule has 136 valence electrons. The van der Waals surface area contributed by atoms with Crippen molar-refractivity contribution in [1.29, 1.82) is 0 Å². The maximum atomic E-state index is 12.6. The maximum absolute atomic E-state index is 12.6. The third-order valence-corrected chi connectivity index (χ3v) is 5.06. The molecule has 2 aromatic heterocycles. The summed E-state index contributed by atoms with van der Waals surface area (Å²) in [5, 5.41) is 2.95. The largest absolute Gasteiger partial charge is 0.351 e. The lowest BCUT2D eigenvalue weighted by Gasteiger charge is -2.31. The summed E-state index contributed by atoms with van der Waals surface area (Å²) in [7, 11) is 3.22. The molecule has 2 unspecified atom stereocenters. The molecule has 0 spiro atoms. The van der Waals surface area contributed by atoms with Crippen molar-refractivity contribution >= 4 is 17.1 Å². The summed E-state index contributed by atoms with van der Waals surface area (Å²) >= 11 is 0. The number of nitrogens with zero attached hydrogens (tertiary/aromatic N) is 4. The maximum Gasteiger partial charge on any atom is 0.332 e. The first kappa shape index (κ1) is 17.4. The Morgan fingerprint density at radius 3 is 2.76 bits per heavy atom. The van der Waals surface area contributed by atoms with Gasteiger partial charge in [0.15, 0.2) is 11.2 Å². The molecule has 9 heteroatoms. The zero-order valence-electron chi connectivity index (χ0n) is 14.6. The molecular weight excluding hydrogens is 324 g/mol. The predicted molar refractivity (Wildman–Crippen MR) is 93.2 cm³/mol. The third-order valence-electron chi connectivity index (χ3n) is 5.06. The van der Waals surface area contributed by atoms with E-state index in [2.05, 4.69) is 10.3 Å². The SMILES string of the molecule is Cn1cnc2c1c(=O)n(CC(=O)NC1CCCCC1CN)c(=O)n2C. The first-order valence-corrected chi connectivity index (χ1v) is 8.54. The van der Waals surface area contributed by atoms with E-state index in [0.717, 1.165) is 30.3 Å². The Morgan fingerprint density at radius 2 is 2.04 bits per heavy atom. The van der Waals surface area contributed by atoms with Gasteiger partial charge in [-0.3, -0.25) is 14.2 Å². The Bertz CT molecular complexity index is 909. The monoisotopic (exact) mass is 348 g/mol. The molecule has 0 saturated heterocycles. The Balaban J connectivity index is 1.87. The molecule has 2 atom stereocenters. The number of carbonyl (C=O) groups is 1. The quantitative estimate of drug-likeness (QED) is 0.740. The van der Waals surface area contributed by atoms with Crippen LogP contribution in [-0.4, -0.2) is 37.2 Å². The molecule has 0 bridgehead atoms. The summed E-state index contributed by atoms with van der Waals surface area (Å²) in [4.78, 5) is 41.6. The number of nitrogens with two attached hydrogens (primary N) is 1. The van der Waals surface area contributed by atoms with Crippen LogP contribution < -0.4 is 22.3 Å². The van der Waals surface area contributed by atoms with Crippen LogP contribution >= 0.6 is 0 Å². The molecular formula is C16H24N6O3. The lowest BCUT2D eigenvalue weighted by atomic mass is 9.84. The summed E-state index contributed by atoms with van der Waals surface area (Å²) in [6, 6.07) is 0.00578. The van der Waals surface area contributed by atoms with Crippen LogP contribution in [0.4, 0.5) is 0 Å². The highest BCUT2D eigenvalue weighted by Crippen LogP contribution is 2.23. The molecule has 1 fully saturated rings. The molecule has 0 aromatic carbocycles. The van der Waals surface area contributed by atoms with E-state index in [0.29, 0.717) is 17.7 Å². The number of aromatic nitrogens is 4. The Hall–Kier alpha value is -2.42. The van der Waals surface area contributed by atoms with Gasteiger partial charge in [-0.1, -0.05) is 12.8 Å². The van der Waals surface area contributed by atoms with E-state index in [-0.39, 0.29) is 24.4 Å². The van der Waals surface area contributed by atoms with Crippen LogP contribution in [0.15, 0.2) is 15.9 Å². The molecule has 25 heavy (non-hydrogen) atoms. The van der Waals surface area contributed by atoms with Gasteiger partial charge in [-0.05, 0) is 25.3 Å². The van der Waals surface area contributed by atoms with Gasteiger partial charge in [-0.25, -0.2) is 14.3 Å². The number of fused-ring (bicyclic) bond motifs is 1. The third kappa shape index (κ3) is 3.11. The fourth-order valence-electron chi connectivity index (χ4n) is 3.61. The van der Waals surface area contributed by atoms with Crippen LogP contribution in [0.25, 0.3) is 11.2 Å². The van der Waals surface area contributed by atoms with Crippen LogP contribution in [0.1, 0.15) is 25.7 Å². The highest BCUT2D eigenvalue weighted by molar-refractivity contribution is 5.77. The van der Waals surface area contributed by atoms with Crippen LogP contribution in [0.3, 0.4) is 0 Å². The van der Waals surface area contributed by atoms with E-state index < -0.39 is 11.2 Å². The highest BCUT2D eigenvalue weighted by atomic mass is 16.2. The van der Waals surface area contributed by atoms with Crippen molar-refractivity contribution in [3.63, 3.8) is 0 Å². The van der Waals surface area contributed by atoms with Crippen molar-refractivity contribution < 1.29 is 4.79 Å². The van der Waals surface area contributed by atoms with Gasteiger partial charge in [-0.15, -0.1) is 0 Å². The van der Waals surface area contributed by atoms with E-state index in [9.17, 15) is 14.4 Å². The van der Waals surface area contributed by atoms with Crippen LogP contribution in [0, 0.1) is 5.92 Å². The fraction of sp³-hybridized carbons (Fsp3) is 0.625. The zero-order chi connectivity index (χ0) is 18.1. The number of rotatable bonds is 4. The molecule has 0 radical (unpaired) electrons. The van der Waals surface area contributed by atoms with Gasteiger partial charge < -0.3 is 15.6 Å². The van der Waals surface area contributed by atoms with Gasteiger partial charge in [0.05, 0.1) is 6.33 Å². The molecule has 9 nitrogen and oxygen atoms in total. The number of imidazole rings is 1. The summed E-state index contributed by atoms with van der Waals surface area (Å²) in [5.74, 6) is -0.0946. The van der Waals surface area contributed by atoms with E-state index in [1.165, 1.54) is 17.9 Å². The molecule has 2 heterocycles. The molecule has 1 aliphatic carbocycles. The number of carbonyl (C=O) groups excluding carboxylic acids is 1. The zero-order valence-corrected chi connectivity index (χ0v) is 14.6. The summed E-state index contributed by atoms with van der Waals surface area (Å²) in [5.41, 5.74) is 5.34. The highest BCUT2D eigenvalue weighted by Gasteiger charge is 2.26. The van der Waals surface area contributed by atoms with Gasteiger partial charge in [0, 0.05) is 20.1 Å². The average molecular weight is 348 g/mol. The van der Waals surface area contributed by atoms with E-state index in [1.54, 1.807) is 11.6 Å².